The molecule has 3 N–H and O–H groups in total. The van der Waals surface area contributed by atoms with Crippen LogP contribution in [0.2, 0.25) is 5.02 Å². The quantitative estimate of drug-likeness (QED) is 0.211. The number of imide groups is 1. The number of benzene rings is 2. The average molecular weight is 609 g/mol. The standard InChI is InChI=1S/C28H20BBrClNO7/c30-20-11-22(34)25-19(26(20)35)10-18-15(23(25)16-5-4-14(33)9-21(16)31)6-7-17-24(18)28(37)32(27(17)36)13-3-1-2-12(8-13)29(38)39/h1-6,8-9,11,17-18,23-24,33,38-39H,7,10H2/t17-,18+,23+,24-/m0/s1. The molecule has 11 heteroatoms. The maximum absolute atomic E-state index is 13.9. The topological polar surface area (TPSA) is 132 Å². The van der Waals surface area contributed by atoms with Crippen molar-refractivity contribution in [2.24, 2.45) is 17.8 Å². The molecule has 3 aliphatic carbocycles. The molecule has 4 aliphatic rings. The number of rotatable bonds is 3. The number of hydrogen-bond acceptors (Lipinski definition) is 7. The lowest BCUT2D eigenvalue weighted by Crippen LogP contribution is -2.39. The fraction of sp³-hybridized carbons (Fsp3) is 0.214. The van der Waals surface area contributed by atoms with Crippen LogP contribution in [0.1, 0.15) is 24.3 Å². The Kier molecular flexibility index (Phi) is 6.26. The Hall–Kier alpha value is -3.31. The van der Waals surface area contributed by atoms with E-state index in [1.807, 2.05) is 6.08 Å². The first-order valence-corrected chi connectivity index (χ1v) is 13.5. The number of hydrogen-bond donors (Lipinski definition) is 3. The smallest absolute Gasteiger partial charge is 0.488 e. The van der Waals surface area contributed by atoms with Gasteiger partial charge in [-0.1, -0.05) is 41.4 Å². The van der Waals surface area contributed by atoms with Gasteiger partial charge in [-0.25, -0.2) is 0 Å². The van der Waals surface area contributed by atoms with Gasteiger partial charge in [-0.3, -0.25) is 24.1 Å². The second-order valence-corrected chi connectivity index (χ2v) is 11.3. The summed E-state index contributed by atoms with van der Waals surface area (Å²) in [7, 11) is -1.77. The van der Waals surface area contributed by atoms with Gasteiger partial charge in [0.15, 0.2) is 11.6 Å². The SMILES string of the molecule is O=C1C=C(Br)C(=O)C2=C1[C@@H](c1ccc(O)cc1Cl)C1=CC[C@@H]3C(=O)N(c4cccc(B(O)O)c4)C(=O)[C@@H]3[C@@H]1C2. The molecule has 1 heterocycles. The summed E-state index contributed by atoms with van der Waals surface area (Å²) in [5.41, 5.74) is 2.18. The van der Waals surface area contributed by atoms with Crippen LogP contribution in [-0.2, 0) is 19.2 Å². The van der Waals surface area contributed by atoms with E-state index in [9.17, 15) is 34.3 Å². The molecule has 0 aromatic heterocycles. The van der Waals surface area contributed by atoms with Crippen molar-refractivity contribution in [3.63, 3.8) is 0 Å². The average Bonchev–Trinajstić information content (AvgIpc) is 3.16. The number of amides is 2. The fourth-order valence-electron chi connectivity index (χ4n) is 6.39. The number of Topliss-reactive ketones (excluding diaryl/α,β-unsaturated/α-hetero) is 1. The number of fused-ring (bicyclic) bond motifs is 3. The highest BCUT2D eigenvalue weighted by atomic mass is 79.9. The molecular formula is C28H20BBrClNO7. The van der Waals surface area contributed by atoms with Crippen molar-refractivity contribution in [3.05, 3.63) is 86.4 Å². The molecule has 1 saturated heterocycles. The maximum atomic E-state index is 13.9. The van der Waals surface area contributed by atoms with E-state index in [1.165, 1.54) is 36.4 Å². The summed E-state index contributed by atoms with van der Waals surface area (Å²) >= 11 is 9.74. The molecule has 2 aromatic carbocycles. The summed E-state index contributed by atoms with van der Waals surface area (Å²) in [6.07, 6.45) is 3.46. The molecule has 0 radical (unpaired) electrons. The zero-order valence-corrected chi connectivity index (χ0v) is 22.5. The minimum Gasteiger partial charge on any atom is -0.508 e. The van der Waals surface area contributed by atoms with Crippen molar-refractivity contribution in [1.29, 1.82) is 0 Å². The number of anilines is 1. The number of halogens is 2. The Morgan fingerprint density at radius 3 is 2.49 bits per heavy atom. The van der Waals surface area contributed by atoms with Gasteiger partial charge in [0.1, 0.15) is 5.75 Å². The Labute approximate surface area is 236 Å². The molecule has 0 bridgehead atoms. The number of carbonyl (C=O) groups excluding carboxylic acids is 4. The van der Waals surface area contributed by atoms with Gasteiger partial charge < -0.3 is 15.2 Å². The normalized spacial score (nSPS) is 26.2. The summed E-state index contributed by atoms with van der Waals surface area (Å²) in [5, 5.41) is 29.3. The third kappa shape index (κ3) is 3.97. The molecule has 0 saturated carbocycles. The van der Waals surface area contributed by atoms with Gasteiger partial charge >= 0.3 is 7.12 Å². The van der Waals surface area contributed by atoms with Gasteiger partial charge in [0, 0.05) is 28.2 Å². The van der Waals surface area contributed by atoms with Crippen molar-refractivity contribution in [1.82, 2.24) is 0 Å². The zero-order chi connectivity index (χ0) is 27.7. The number of phenolic OH excluding ortho intramolecular Hbond substituents is 1. The van der Waals surface area contributed by atoms with E-state index in [0.29, 0.717) is 5.56 Å². The zero-order valence-electron chi connectivity index (χ0n) is 20.2. The number of nitrogens with zero attached hydrogens (tertiary/aromatic N) is 1. The third-order valence-electron chi connectivity index (χ3n) is 8.05. The second kappa shape index (κ2) is 9.41. The van der Waals surface area contributed by atoms with E-state index >= 15 is 0 Å². The first-order chi connectivity index (χ1) is 18.6. The minimum atomic E-state index is -1.77. The number of carbonyl (C=O) groups is 4. The number of ketones is 2. The molecule has 2 amide bonds. The molecule has 0 spiro atoms. The lowest BCUT2D eigenvalue weighted by molar-refractivity contribution is -0.123. The summed E-state index contributed by atoms with van der Waals surface area (Å²) in [6, 6.07) is 10.4. The van der Waals surface area contributed by atoms with Crippen molar-refractivity contribution in [2.45, 2.75) is 18.8 Å². The highest BCUT2D eigenvalue weighted by Gasteiger charge is 2.56. The van der Waals surface area contributed by atoms with Crippen LogP contribution in [0.25, 0.3) is 0 Å². The van der Waals surface area contributed by atoms with Crippen LogP contribution >= 0.6 is 27.5 Å². The van der Waals surface area contributed by atoms with Gasteiger partial charge in [0.2, 0.25) is 11.8 Å². The van der Waals surface area contributed by atoms with Crippen LogP contribution in [0.5, 0.6) is 5.75 Å². The van der Waals surface area contributed by atoms with Crippen molar-refractivity contribution < 1.29 is 34.3 Å². The Bertz CT molecular complexity index is 1600. The van der Waals surface area contributed by atoms with Crippen LogP contribution in [0, 0.1) is 17.8 Å². The molecule has 8 nitrogen and oxygen atoms in total. The lowest BCUT2D eigenvalue weighted by atomic mass is 9.59. The van der Waals surface area contributed by atoms with Gasteiger partial charge in [-0.2, -0.15) is 0 Å². The van der Waals surface area contributed by atoms with Gasteiger partial charge in [-0.05, 0) is 70.0 Å². The lowest BCUT2D eigenvalue weighted by Gasteiger charge is -2.42. The van der Waals surface area contributed by atoms with Crippen LogP contribution in [0.4, 0.5) is 5.69 Å². The molecule has 4 atom stereocenters. The highest BCUT2D eigenvalue weighted by molar-refractivity contribution is 9.12. The van der Waals surface area contributed by atoms with Crippen LogP contribution in [-0.4, -0.2) is 45.7 Å². The largest absolute Gasteiger partial charge is 0.508 e. The van der Waals surface area contributed by atoms with E-state index in [1.54, 1.807) is 12.1 Å². The van der Waals surface area contributed by atoms with Crippen LogP contribution in [0.15, 0.2) is 75.8 Å². The molecule has 2 aromatic rings. The van der Waals surface area contributed by atoms with Gasteiger partial charge in [0.25, 0.3) is 0 Å². The van der Waals surface area contributed by atoms with E-state index in [4.69, 9.17) is 11.6 Å². The molecule has 6 rings (SSSR count). The predicted octanol–water partition coefficient (Wildman–Crippen LogP) is 2.69. The summed E-state index contributed by atoms with van der Waals surface area (Å²) in [4.78, 5) is 55.1. The molecule has 196 valence electrons. The minimum absolute atomic E-state index is 0.0564. The van der Waals surface area contributed by atoms with E-state index in [0.717, 1.165) is 10.5 Å². The summed E-state index contributed by atoms with van der Waals surface area (Å²) in [5.74, 6) is -4.37. The monoisotopic (exact) mass is 607 g/mol. The number of phenols is 1. The molecule has 39 heavy (non-hydrogen) atoms. The van der Waals surface area contributed by atoms with Crippen LogP contribution < -0.4 is 10.4 Å². The Morgan fingerprint density at radius 2 is 1.77 bits per heavy atom. The van der Waals surface area contributed by atoms with Crippen LogP contribution in [0.3, 0.4) is 0 Å². The first-order valence-electron chi connectivity index (χ1n) is 12.3. The molecular weight excluding hydrogens is 588 g/mol. The van der Waals surface area contributed by atoms with E-state index in [-0.39, 0.29) is 62.0 Å². The highest BCUT2D eigenvalue weighted by Crippen LogP contribution is 2.56. The fourth-order valence-corrected chi connectivity index (χ4v) is 7.12. The van der Waals surface area contributed by atoms with E-state index < -0.39 is 42.6 Å². The van der Waals surface area contributed by atoms with Crippen molar-refractivity contribution in [3.8, 4) is 5.75 Å². The van der Waals surface area contributed by atoms with E-state index in [2.05, 4.69) is 15.9 Å². The predicted molar refractivity (Wildman–Crippen MR) is 146 cm³/mol. The molecule has 1 aliphatic heterocycles. The van der Waals surface area contributed by atoms with Crippen molar-refractivity contribution in [2.75, 3.05) is 4.90 Å². The van der Waals surface area contributed by atoms with Gasteiger partial charge in [-0.15, -0.1) is 0 Å². The third-order valence-corrected chi connectivity index (χ3v) is 8.97. The molecule has 1 fully saturated rings. The molecule has 0 unspecified atom stereocenters. The maximum Gasteiger partial charge on any atom is 0.488 e. The van der Waals surface area contributed by atoms with Crippen molar-refractivity contribution >= 4 is 69.2 Å². The number of aromatic hydroxyl groups is 1. The second-order valence-electron chi connectivity index (χ2n) is 10.1. The first kappa shape index (κ1) is 25.9. The number of allylic oxidation sites excluding steroid dienone is 6. The summed E-state index contributed by atoms with van der Waals surface area (Å²) < 4.78 is 0.122. The Balaban J connectivity index is 1.48. The van der Waals surface area contributed by atoms with Gasteiger partial charge in [0.05, 0.1) is 22.0 Å². The Morgan fingerprint density at radius 1 is 1.00 bits per heavy atom. The summed E-state index contributed by atoms with van der Waals surface area (Å²) in [6.45, 7) is 0.